The summed E-state index contributed by atoms with van der Waals surface area (Å²) < 4.78 is 3.45. The van der Waals surface area contributed by atoms with Crippen molar-refractivity contribution < 1.29 is 0 Å². The number of piperidine rings is 1. The molecule has 2 N–H and O–H groups in total. The van der Waals surface area contributed by atoms with Crippen molar-refractivity contribution >= 4 is 17.0 Å². The molecule has 26 heavy (non-hydrogen) atoms. The standard InChI is InChI=1S/C18H23N7O/c1-2-24-16-15(22-18(24)23-8-4-6-14(19)12-23)10-21-25(17(16)26)11-13-5-3-7-20-9-13/h3,5,7,9-10,14H,2,4,6,8,11-12,19H2,1H3. The van der Waals surface area contributed by atoms with Crippen LogP contribution in [0.25, 0.3) is 11.0 Å². The van der Waals surface area contributed by atoms with Gasteiger partial charge in [-0.3, -0.25) is 9.78 Å². The molecule has 3 aromatic rings. The van der Waals surface area contributed by atoms with Crippen LogP contribution in [0.4, 0.5) is 5.95 Å². The van der Waals surface area contributed by atoms with Gasteiger partial charge in [0, 0.05) is 38.1 Å². The van der Waals surface area contributed by atoms with Crippen molar-refractivity contribution in [3.05, 3.63) is 46.6 Å². The van der Waals surface area contributed by atoms with Crippen molar-refractivity contribution in [2.45, 2.75) is 38.9 Å². The molecule has 4 heterocycles. The zero-order valence-electron chi connectivity index (χ0n) is 14.9. The van der Waals surface area contributed by atoms with Gasteiger partial charge in [-0.25, -0.2) is 9.67 Å². The Morgan fingerprint density at radius 2 is 2.23 bits per heavy atom. The molecule has 0 bridgehead atoms. The topological polar surface area (TPSA) is 94.9 Å². The molecule has 8 heteroatoms. The smallest absolute Gasteiger partial charge is 0.293 e. The lowest BCUT2D eigenvalue weighted by molar-refractivity contribution is 0.494. The first-order chi connectivity index (χ1) is 12.7. The lowest BCUT2D eigenvalue weighted by Gasteiger charge is -2.31. The molecule has 0 spiro atoms. The quantitative estimate of drug-likeness (QED) is 0.751. The van der Waals surface area contributed by atoms with Gasteiger partial charge in [-0.1, -0.05) is 6.07 Å². The summed E-state index contributed by atoms with van der Waals surface area (Å²) >= 11 is 0. The van der Waals surface area contributed by atoms with Gasteiger partial charge in [-0.05, 0) is 31.4 Å². The summed E-state index contributed by atoms with van der Waals surface area (Å²) in [6, 6.07) is 3.94. The first-order valence-corrected chi connectivity index (χ1v) is 9.03. The van der Waals surface area contributed by atoms with Crippen LogP contribution in [-0.4, -0.2) is 43.4 Å². The van der Waals surface area contributed by atoms with Crippen LogP contribution in [0.1, 0.15) is 25.3 Å². The minimum atomic E-state index is -0.131. The first-order valence-electron chi connectivity index (χ1n) is 9.03. The van der Waals surface area contributed by atoms with Crippen molar-refractivity contribution in [1.29, 1.82) is 0 Å². The second-order valence-corrected chi connectivity index (χ2v) is 6.71. The zero-order valence-corrected chi connectivity index (χ0v) is 14.9. The van der Waals surface area contributed by atoms with Crippen LogP contribution in [0.3, 0.4) is 0 Å². The van der Waals surface area contributed by atoms with Gasteiger partial charge >= 0.3 is 0 Å². The summed E-state index contributed by atoms with van der Waals surface area (Å²) in [5, 5.41) is 4.31. The highest BCUT2D eigenvalue weighted by molar-refractivity contribution is 5.77. The van der Waals surface area contributed by atoms with Crippen molar-refractivity contribution in [2.75, 3.05) is 18.0 Å². The SMILES string of the molecule is CCn1c(N2CCCC(N)C2)nc2cnn(Cc3cccnc3)c(=O)c21. The third-order valence-electron chi connectivity index (χ3n) is 4.84. The Kier molecular flexibility index (Phi) is 4.42. The summed E-state index contributed by atoms with van der Waals surface area (Å²) in [6.07, 6.45) is 7.20. The Morgan fingerprint density at radius 1 is 1.35 bits per heavy atom. The van der Waals surface area contributed by atoms with E-state index in [0.717, 1.165) is 37.4 Å². The van der Waals surface area contributed by atoms with Crippen LogP contribution in [0.15, 0.2) is 35.5 Å². The van der Waals surface area contributed by atoms with Crippen molar-refractivity contribution in [3.63, 3.8) is 0 Å². The zero-order chi connectivity index (χ0) is 18.1. The molecule has 3 aromatic heterocycles. The molecule has 1 atom stereocenters. The summed E-state index contributed by atoms with van der Waals surface area (Å²) in [4.78, 5) is 24.0. The molecule has 1 unspecified atom stereocenters. The molecule has 8 nitrogen and oxygen atoms in total. The van der Waals surface area contributed by atoms with E-state index in [-0.39, 0.29) is 11.6 Å². The van der Waals surface area contributed by atoms with E-state index in [2.05, 4.69) is 15.0 Å². The molecule has 0 saturated carbocycles. The Bertz CT molecular complexity index is 963. The fraction of sp³-hybridized carbons (Fsp3) is 0.444. The number of aromatic nitrogens is 5. The van der Waals surface area contributed by atoms with E-state index in [1.54, 1.807) is 18.6 Å². The second kappa shape index (κ2) is 6.87. The van der Waals surface area contributed by atoms with Crippen molar-refractivity contribution in [3.8, 4) is 0 Å². The average molecular weight is 353 g/mol. The summed E-state index contributed by atoms with van der Waals surface area (Å²) in [5.74, 6) is 0.815. The molecule has 136 valence electrons. The minimum absolute atomic E-state index is 0.131. The number of aryl methyl sites for hydroxylation is 1. The molecule has 1 aliphatic rings. The highest BCUT2D eigenvalue weighted by atomic mass is 16.1. The number of imidazole rings is 1. The molecule has 4 rings (SSSR count). The molecule has 0 amide bonds. The van der Waals surface area contributed by atoms with E-state index >= 15 is 0 Å². The number of nitrogens with zero attached hydrogens (tertiary/aromatic N) is 6. The molecule has 1 aliphatic heterocycles. The maximum Gasteiger partial charge on any atom is 0.293 e. The normalized spacial score (nSPS) is 17.8. The number of nitrogens with two attached hydrogens (primary N) is 1. The molecule has 1 saturated heterocycles. The lowest BCUT2D eigenvalue weighted by Crippen LogP contribution is -2.44. The fourth-order valence-electron chi connectivity index (χ4n) is 3.58. The maximum atomic E-state index is 13.0. The van der Waals surface area contributed by atoms with Crippen molar-refractivity contribution in [2.24, 2.45) is 5.73 Å². The van der Waals surface area contributed by atoms with Crippen LogP contribution in [0, 0.1) is 0 Å². The van der Waals surface area contributed by atoms with Crippen molar-refractivity contribution in [1.82, 2.24) is 24.3 Å². The lowest BCUT2D eigenvalue weighted by atomic mass is 10.1. The molecule has 0 aliphatic carbocycles. The summed E-state index contributed by atoms with van der Waals surface area (Å²) in [5.41, 5.74) is 8.16. The third-order valence-corrected chi connectivity index (χ3v) is 4.84. The van der Waals surface area contributed by atoms with Crippen LogP contribution in [0.2, 0.25) is 0 Å². The van der Waals surface area contributed by atoms with Crippen LogP contribution in [-0.2, 0) is 13.1 Å². The van der Waals surface area contributed by atoms with E-state index in [1.807, 2.05) is 23.6 Å². The Labute approximate surface area is 151 Å². The highest BCUT2D eigenvalue weighted by Gasteiger charge is 2.23. The van der Waals surface area contributed by atoms with E-state index in [4.69, 9.17) is 10.7 Å². The predicted octanol–water partition coefficient (Wildman–Crippen LogP) is 0.984. The minimum Gasteiger partial charge on any atom is -0.341 e. The summed E-state index contributed by atoms with van der Waals surface area (Å²) in [7, 11) is 0. The molecular weight excluding hydrogens is 330 g/mol. The number of anilines is 1. The Morgan fingerprint density at radius 3 is 2.96 bits per heavy atom. The van der Waals surface area contributed by atoms with Gasteiger partial charge in [0.05, 0.1) is 12.7 Å². The highest BCUT2D eigenvalue weighted by Crippen LogP contribution is 2.23. The van der Waals surface area contributed by atoms with Gasteiger partial charge in [-0.2, -0.15) is 5.10 Å². The molecule has 0 aromatic carbocycles. The molecule has 0 radical (unpaired) electrons. The fourth-order valence-corrected chi connectivity index (χ4v) is 3.58. The van der Waals surface area contributed by atoms with E-state index in [1.165, 1.54) is 4.68 Å². The number of pyridine rings is 1. The summed E-state index contributed by atoms with van der Waals surface area (Å²) in [6.45, 7) is 4.76. The van der Waals surface area contributed by atoms with E-state index in [9.17, 15) is 4.79 Å². The van der Waals surface area contributed by atoms with Gasteiger partial charge < -0.3 is 15.2 Å². The number of rotatable bonds is 4. The van der Waals surface area contributed by atoms with Gasteiger partial charge in [0.25, 0.3) is 5.56 Å². The monoisotopic (exact) mass is 353 g/mol. The Balaban J connectivity index is 1.77. The van der Waals surface area contributed by atoms with Gasteiger partial charge in [-0.15, -0.1) is 0 Å². The van der Waals surface area contributed by atoms with E-state index in [0.29, 0.717) is 24.1 Å². The molecule has 1 fully saturated rings. The number of hydrogen-bond acceptors (Lipinski definition) is 6. The largest absolute Gasteiger partial charge is 0.341 e. The Hall–Kier alpha value is -2.74. The second-order valence-electron chi connectivity index (χ2n) is 6.71. The number of fused-ring (bicyclic) bond motifs is 1. The maximum absolute atomic E-state index is 13.0. The predicted molar refractivity (Wildman–Crippen MR) is 100 cm³/mol. The number of hydrogen-bond donors (Lipinski definition) is 1. The van der Waals surface area contributed by atoms with Crippen LogP contribution in [0.5, 0.6) is 0 Å². The van der Waals surface area contributed by atoms with Crippen LogP contribution >= 0.6 is 0 Å². The van der Waals surface area contributed by atoms with Crippen LogP contribution < -0.4 is 16.2 Å². The molecular formula is C18H23N7O. The third kappa shape index (κ3) is 2.96. The average Bonchev–Trinajstić information content (AvgIpc) is 3.04. The van der Waals surface area contributed by atoms with E-state index < -0.39 is 0 Å². The van der Waals surface area contributed by atoms with Gasteiger partial charge in [0.2, 0.25) is 5.95 Å². The van der Waals surface area contributed by atoms with Gasteiger partial charge in [0.15, 0.2) is 0 Å². The first kappa shape index (κ1) is 16.7. The van der Waals surface area contributed by atoms with Gasteiger partial charge in [0.1, 0.15) is 11.0 Å².